The van der Waals surface area contributed by atoms with Gasteiger partial charge in [-0.05, 0) is 37.5 Å². The third kappa shape index (κ3) is 1.43. The minimum Gasteiger partial charge on any atom is -0.272 e. The van der Waals surface area contributed by atoms with Gasteiger partial charge >= 0.3 is 0 Å². The van der Waals surface area contributed by atoms with Gasteiger partial charge in [0.15, 0.2) is 0 Å². The third-order valence-corrected chi connectivity index (χ3v) is 3.35. The van der Waals surface area contributed by atoms with E-state index in [1.54, 1.807) is 12.1 Å². The summed E-state index contributed by atoms with van der Waals surface area (Å²) in [5, 5.41) is 6.50. The lowest BCUT2D eigenvalue weighted by Gasteiger charge is -2.13. The number of hydrazone groups is 1. The van der Waals surface area contributed by atoms with Crippen LogP contribution in [0.5, 0.6) is 0 Å². The van der Waals surface area contributed by atoms with Gasteiger partial charge < -0.3 is 0 Å². The predicted molar refractivity (Wildman–Crippen MR) is 63.7 cm³/mol. The molecule has 1 aliphatic carbocycles. The zero-order valence-corrected chi connectivity index (χ0v) is 9.44. The van der Waals surface area contributed by atoms with Crippen LogP contribution in [0.4, 0.5) is 5.69 Å². The highest BCUT2D eigenvalue weighted by molar-refractivity contribution is 6.31. The van der Waals surface area contributed by atoms with E-state index in [-0.39, 0.29) is 11.8 Å². The van der Waals surface area contributed by atoms with Crippen molar-refractivity contribution < 1.29 is 4.79 Å². The van der Waals surface area contributed by atoms with E-state index >= 15 is 0 Å². The number of nitrogens with zero attached hydrogens (tertiary/aromatic N) is 2. The van der Waals surface area contributed by atoms with Crippen LogP contribution in [0.2, 0.25) is 5.02 Å². The third-order valence-electron chi connectivity index (χ3n) is 3.12. The highest BCUT2D eigenvalue weighted by Crippen LogP contribution is 2.33. The first kappa shape index (κ1) is 9.85. The maximum absolute atomic E-state index is 12.1. The van der Waals surface area contributed by atoms with Crippen molar-refractivity contribution in [1.29, 1.82) is 0 Å². The van der Waals surface area contributed by atoms with E-state index in [0.717, 1.165) is 30.7 Å². The van der Waals surface area contributed by atoms with E-state index in [9.17, 15) is 4.79 Å². The average molecular weight is 235 g/mol. The number of amides is 1. The quantitative estimate of drug-likeness (QED) is 0.736. The van der Waals surface area contributed by atoms with Crippen molar-refractivity contribution >= 4 is 28.9 Å². The van der Waals surface area contributed by atoms with Crippen LogP contribution in [0.25, 0.3) is 0 Å². The molecule has 1 heterocycles. The molecule has 1 aliphatic heterocycles. The molecule has 1 atom stereocenters. The van der Waals surface area contributed by atoms with Crippen molar-refractivity contribution in [2.45, 2.75) is 19.3 Å². The zero-order chi connectivity index (χ0) is 11.1. The summed E-state index contributed by atoms with van der Waals surface area (Å²) in [4.78, 5) is 12.1. The standard InChI is InChI=1S/C12H11ClN2O/c13-8-3-1-4-9(7-8)15-12(16)10-5-2-6-11(10)14-15/h1,3-4,7,10H,2,5-6H2/t10-/m0/s1. The summed E-state index contributed by atoms with van der Waals surface area (Å²) >= 11 is 5.91. The first-order valence-corrected chi connectivity index (χ1v) is 5.80. The molecular weight excluding hydrogens is 224 g/mol. The van der Waals surface area contributed by atoms with Gasteiger partial charge in [-0.15, -0.1) is 0 Å². The van der Waals surface area contributed by atoms with Crippen LogP contribution in [0, 0.1) is 5.92 Å². The van der Waals surface area contributed by atoms with Gasteiger partial charge in [0.05, 0.1) is 17.3 Å². The number of halogens is 1. The highest BCUT2D eigenvalue weighted by atomic mass is 35.5. The fourth-order valence-corrected chi connectivity index (χ4v) is 2.52. The van der Waals surface area contributed by atoms with E-state index < -0.39 is 0 Å². The van der Waals surface area contributed by atoms with E-state index in [4.69, 9.17) is 11.6 Å². The molecule has 82 valence electrons. The molecule has 0 aromatic heterocycles. The van der Waals surface area contributed by atoms with Crippen molar-refractivity contribution in [3.8, 4) is 0 Å². The van der Waals surface area contributed by atoms with Gasteiger partial charge in [0.2, 0.25) is 0 Å². The Morgan fingerprint density at radius 1 is 1.44 bits per heavy atom. The van der Waals surface area contributed by atoms with Crippen LogP contribution in [0.1, 0.15) is 19.3 Å². The Labute approximate surface area is 98.7 Å². The fourth-order valence-electron chi connectivity index (χ4n) is 2.33. The Hall–Kier alpha value is -1.35. The topological polar surface area (TPSA) is 32.7 Å². The molecular formula is C12H11ClN2O. The largest absolute Gasteiger partial charge is 0.272 e. The first-order valence-electron chi connectivity index (χ1n) is 5.42. The molecule has 16 heavy (non-hydrogen) atoms. The van der Waals surface area contributed by atoms with E-state index in [1.807, 2.05) is 12.1 Å². The van der Waals surface area contributed by atoms with Crippen molar-refractivity contribution in [1.82, 2.24) is 0 Å². The molecule has 0 saturated heterocycles. The van der Waals surface area contributed by atoms with Gasteiger partial charge in [-0.3, -0.25) is 4.79 Å². The Kier molecular flexibility index (Phi) is 2.21. The SMILES string of the molecule is O=C1[C@H]2CCCC2=NN1c1cccc(Cl)c1. The van der Waals surface area contributed by atoms with Crippen molar-refractivity contribution in [3.05, 3.63) is 29.3 Å². The number of hydrogen-bond donors (Lipinski definition) is 0. The second-order valence-corrected chi connectivity index (χ2v) is 4.60. The Balaban J connectivity index is 1.97. The van der Waals surface area contributed by atoms with Crippen molar-refractivity contribution in [2.75, 3.05) is 5.01 Å². The Bertz CT molecular complexity index is 484. The highest BCUT2D eigenvalue weighted by Gasteiger charge is 2.39. The van der Waals surface area contributed by atoms with Gasteiger partial charge in [-0.2, -0.15) is 5.10 Å². The molecule has 2 aliphatic rings. The molecule has 0 spiro atoms. The average Bonchev–Trinajstić information content (AvgIpc) is 2.82. The monoisotopic (exact) mass is 234 g/mol. The summed E-state index contributed by atoms with van der Waals surface area (Å²) in [5.41, 5.74) is 1.80. The van der Waals surface area contributed by atoms with Crippen LogP contribution in [0.3, 0.4) is 0 Å². The van der Waals surface area contributed by atoms with Gasteiger partial charge in [0.1, 0.15) is 0 Å². The van der Waals surface area contributed by atoms with Gasteiger partial charge in [-0.25, -0.2) is 5.01 Å². The second kappa shape index (κ2) is 3.59. The number of carbonyl (C=O) groups excluding carboxylic acids is 1. The number of carbonyl (C=O) groups is 1. The lowest BCUT2D eigenvalue weighted by Crippen LogP contribution is -2.25. The lowest BCUT2D eigenvalue weighted by molar-refractivity contribution is -0.119. The molecule has 1 saturated carbocycles. The molecule has 0 unspecified atom stereocenters. The van der Waals surface area contributed by atoms with Crippen molar-refractivity contribution in [2.24, 2.45) is 11.0 Å². The van der Waals surface area contributed by atoms with Gasteiger partial charge in [-0.1, -0.05) is 17.7 Å². The number of anilines is 1. The molecule has 0 radical (unpaired) electrons. The Morgan fingerprint density at radius 2 is 2.31 bits per heavy atom. The molecule has 1 fully saturated rings. The molecule has 3 rings (SSSR count). The number of hydrogen-bond acceptors (Lipinski definition) is 2. The normalized spacial score (nSPS) is 23.6. The molecule has 0 bridgehead atoms. The van der Waals surface area contributed by atoms with E-state index in [2.05, 4.69) is 5.10 Å². The summed E-state index contributed by atoms with van der Waals surface area (Å²) in [6.07, 6.45) is 2.97. The lowest BCUT2D eigenvalue weighted by atomic mass is 10.1. The zero-order valence-electron chi connectivity index (χ0n) is 8.69. The molecule has 4 heteroatoms. The summed E-state index contributed by atoms with van der Waals surface area (Å²) in [5.74, 6) is 0.119. The number of benzene rings is 1. The molecule has 1 amide bonds. The van der Waals surface area contributed by atoms with Crippen LogP contribution in [0.15, 0.2) is 29.4 Å². The molecule has 1 aromatic carbocycles. The summed E-state index contributed by atoms with van der Waals surface area (Å²) < 4.78 is 0. The van der Waals surface area contributed by atoms with E-state index in [0.29, 0.717) is 5.02 Å². The van der Waals surface area contributed by atoms with Crippen LogP contribution in [-0.2, 0) is 4.79 Å². The van der Waals surface area contributed by atoms with Crippen LogP contribution in [-0.4, -0.2) is 11.6 Å². The van der Waals surface area contributed by atoms with E-state index in [1.165, 1.54) is 5.01 Å². The first-order chi connectivity index (χ1) is 7.75. The maximum Gasteiger partial charge on any atom is 0.256 e. The van der Waals surface area contributed by atoms with Gasteiger partial charge in [0, 0.05) is 5.02 Å². The summed E-state index contributed by atoms with van der Waals surface area (Å²) in [6, 6.07) is 7.25. The second-order valence-electron chi connectivity index (χ2n) is 4.17. The maximum atomic E-state index is 12.1. The molecule has 1 aromatic rings. The van der Waals surface area contributed by atoms with Crippen molar-refractivity contribution in [3.63, 3.8) is 0 Å². The minimum absolute atomic E-state index is 0.0268. The number of rotatable bonds is 1. The van der Waals surface area contributed by atoms with Gasteiger partial charge in [0.25, 0.3) is 5.91 Å². The number of fused-ring (bicyclic) bond motifs is 1. The smallest absolute Gasteiger partial charge is 0.256 e. The van der Waals surface area contributed by atoms with Crippen LogP contribution < -0.4 is 5.01 Å². The summed E-state index contributed by atoms with van der Waals surface area (Å²) in [7, 11) is 0. The predicted octanol–water partition coefficient (Wildman–Crippen LogP) is 2.84. The minimum atomic E-state index is 0.0268. The fraction of sp³-hybridized carbons (Fsp3) is 0.333. The summed E-state index contributed by atoms with van der Waals surface area (Å²) in [6.45, 7) is 0. The van der Waals surface area contributed by atoms with Crippen LogP contribution >= 0.6 is 11.6 Å². The molecule has 3 nitrogen and oxygen atoms in total. The Morgan fingerprint density at radius 3 is 3.06 bits per heavy atom. The molecule has 0 N–H and O–H groups in total.